The monoisotopic (exact) mass is 339 g/mol. The maximum Gasteiger partial charge on any atom is 0.284 e. The summed E-state index contributed by atoms with van der Waals surface area (Å²) >= 11 is 0. The van der Waals surface area contributed by atoms with Gasteiger partial charge in [0, 0.05) is 19.3 Å². The predicted octanol–water partition coefficient (Wildman–Crippen LogP) is 2.46. The Hall–Kier alpha value is -3.42. The molecule has 0 bridgehead atoms. The van der Waals surface area contributed by atoms with Crippen LogP contribution in [0.2, 0.25) is 0 Å². The van der Waals surface area contributed by atoms with Gasteiger partial charge < -0.3 is 0 Å². The zero-order valence-electron chi connectivity index (χ0n) is 13.0. The van der Waals surface area contributed by atoms with Crippen molar-refractivity contribution in [3.05, 3.63) is 70.9 Å². The van der Waals surface area contributed by atoms with Gasteiger partial charge in [0.2, 0.25) is 0 Å². The van der Waals surface area contributed by atoms with Crippen LogP contribution in [0.1, 0.15) is 0 Å². The number of aryl methyl sites for hydroxylation is 1. The van der Waals surface area contributed by atoms with Crippen LogP contribution in [0.3, 0.4) is 0 Å². The highest BCUT2D eigenvalue weighted by atomic mass is 19.1. The zero-order chi connectivity index (χ0) is 17.6. The van der Waals surface area contributed by atoms with Crippen molar-refractivity contribution in [2.24, 2.45) is 7.05 Å². The summed E-state index contributed by atoms with van der Waals surface area (Å²) < 4.78 is 29.8. The van der Waals surface area contributed by atoms with Crippen molar-refractivity contribution in [1.82, 2.24) is 24.3 Å². The summed E-state index contributed by atoms with van der Waals surface area (Å²) in [7, 11) is 1.76. The molecule has 0 atom stereocenters. The number of fused-ring (bicyclic) bond motifs is 1. The van der Waals surface area contributed by atoms with Gasteiger partial charge in [-0.15, -0.1) is 0 Å². The molecule has 0 saturated carbocycles. The quantitative estimate of drug-likeness (QED) is 0.563. The van der Waals surface area contributed by atoms with Crippen LogP contribution in [-0.2, 0) is 7.05 Å². The number of hydrogen-bond donors (Lipinski definition) is 0. The van der Waals surface area contributed by atoms with Crippen LogP contribution in [-0.4, -0.2) is 24.3 Å². The zero-order valence-corrected chi connectivity index (χ0v) is 13.0. The van der Waals surface area contributed by atoms with E-state index in [-0.39, 0.29) is 11.2 Å². The number of aromatic nitrogens is 5. The lowest BCUT2D eigenvalue weighted by atomic mass is 10.2. The minimum atomic E-state index is -0.856. The molecule has 0 fully saturated rings. The third kappa shape index (κ3) is 2.47. The lowest BCUT2D eigenvalue weighted by Gasteiger charge is -2.08. The average Bonchev–Trinajstić information content (AvgIpc) is 3.02. The van der Waals surface area contributed by atoms with Gasteiger partial charge in [-0.05, 0) is 30.3 Å². The molecule has 3 heterocycles. The molecule has 3 aromatic heterocycles. The number of rotatable bonds is 2. The smallest absolute Gasteiger partial charge is 0.266 e. The third-order valence-corrected chi connectivity index (χ3v) is 3.86. The van der Waals surface area contributed by atoms with Crippen LogP contribution in [0.5, 0.6) is 0 Å². The van der Waals surface area contributed by atoms with Gasteiger partial charge >= 0.3 is 0 Å². The molecule has 4 rings (SSSR count). The third-order valence-electron chi connectivity index (χ3n) is 3.86. The Morgan fingerprint density at radius 3 is 2.64 bits per heavy atom. The molecule has 0 amide bonds. The minimum absolute atomic E-state index is 0.0879. The van der Waals surface area contributed by atoms with Gasteiger partial charge in [-0.3, -0.25) is 14.0 Å². The maximum absolute atomic E-state index is 14.0. The number of hydrogen-bond acceptors (Lipinski definition) is 4. The first-order chi connectivity index (χ1) is 12.0. The van der Waals surface area contributed by atoms with E-state index in [0.717, 1.165) is 16.3 Å². The largest absolute Gasteiger partial charge is 0.284 e. The van der Waals surface area contributed by atoms with Gasteiger partial charge in [0.15, 0.2) is 5.52 Å². The summed E-state index contributed by atoms with van der Waals surface area (Å²) in [4.78, 5) is 21.3. The van der Waals surface area contributed by atoms with Crippen LogP contribution >= 0.6 is 0 Å². The number of pyridine rings is 1. The Morgan fingerprint density at radius 1 is 1.08 bits per heavy atom. The molecule has 0 spiro atoms. The van der Waals surface area contributed by atoms with Crippen molar-refractivity contribution in [3.8, 4) is 17.1 Å². The lowest BCUT2D eigenvalue weighted by molar-refractivity contribution is 0.576. The number of halogens is 2. The summed E-state index contributed by atoms with van der Waals surface area (Å²) in [5.74, 6) is -1.58. The molecule has 4 aromatic rings. The average molecular weight is 339 g/mol. The molecule has 6 nitrogen and oxygen atoms in total. The number of nitrogens with zero attached hydrogens (tertiary/aromatic N) is 5. The van der Waals surface area contributed by atoms with Crippen molar-refractivity contribution < 1.29 is 8.78 Å². The molecule has 124 valence electrons. The molecule has 0 saturated heterocycles. The van der Waals surface area contributed by atoms with Gasteiger partial charge in [-0.25, -0.2) is 18.7 Å². The van der Waals surface area contributed by atoms with Gasteiger partial charge in [0.25, 0.3) is 5.56 Å². The van der Waals surface area contributed by atoms with Crippen LogP contribution in [0.25, 0.3) is 28.1 Å². The van der Waals surface area contributed by atoms with Crippen molar-refractivity contribution in [1.29, 1.82) is 0 Å². The van der Waals surface area contributed by atoms with Crippen LogP contribution in [0, 0.1) is 11.6 Å². The van der Waals surface area contributed by atoms with Crippen LogP contribution in [0.4, 0.5) is 8.78 Å². The lowest BCUT2D eigenvalue weighted by Crippen LogP contribution is -2.21. The fourth-order valence-electron chi connectivity index (χ4n) is 2.62. The maximum atomic E-state index is 14.0. The Bertz CT molecular complexity index is 1170. The molecule has 8 heteroatoms. The van der Waals surface area contributed by atoms with Gasteiger partial charge in [-0.2, -0.15) is 5.10 Å². The van der Waals surface area contributed by atoms with Crippen molar-refractivity contribution in [2.75, 3.05) is 0 Å². The van der Waals surface area contributed by atoms with E-state index in [1.807, 2.05) is 0 Å². The first-order valence-corrected chi connectivity index (χ1v) is 7.37. The standard InChI is InChI=1S/C17H11F2N5O/c1-23-15(6-7-21-23)12-3-4-13-16(22-12)17(25)24(9-20-13)14-5-2-10(18)8-11(14)19/h2-9H,1H3. The summed E-state index contributed by atoms with van der Waals surface area (Å²) in [6.45, 7) is 0. The summed E-state index contributed by atoms with van der Waals surface area (Å²) in [5.41, 5.74) is 1.11. The predicted molar refractivity (Wildman–Crippen MR) is 87.3 cm³/mol. The SMILES string of the molecule is Cn1nccc1-c1ccc2ncn(-c3ccc(F)cc3F)c(=O)c2n1. The summed E-state index contributed by atoms with van der Waals surface area (Å²) in [6.07, 6.45) is 2.82. The highest BCUT2D eigenvalue weighted by molar-refractivity contribution is 5.76. The molecule has 0 N–H and O–H groups in total. The molecule has 1 aromatic carbocycles. The van der Waals surface area contributed by atoms with E-state index in [9.17, 15) is 13.6 Å². The van der Waals surface area contributed by atoms with Gasteiger partial charge in [0.1, 0.15) is 18.0 Å². The van der Waals surface area contributed by atoms with Crippen molar-refractivity contribution in [3.63, 3.8) is 0 Å². The summed E-state index contributed by atoms with van der Waals surface area (Å²) in [5, 5.41) is 4.07. The molecule has 0 aliphatic rings. The Kier molecular flexibility index (Phi) is 3.38. The molecular formula is C17H11F2N5O. The molecule has 0 unspecified atom stereocenters. The van der Waals surface area contributed by atoms with E-state index in [4.69, 9.17) is 0 Å². The Balaban J connectivity index is 1.95. The first kappa shape index (κ1) is 15.1. The van der Waals surface area contributed by atoms with E-state index in [1.165, 1.54) is 12.4 Å². The van der Waals surface area contributed by atoms with E-state index >= 15 is 0 Å². The topological polar surface area (TPSA) is 65.6 Å². The summed E-state index contributed by atoms with van der Waals surface area (Å²) in [6, 6.07) is 8.14. The number of benzene rings is 1. The van der Waals surface area contributed by atoms with E-state index in [0.29, 0.717) is 17.3 Å². The normalized spacial score (nSPS) is 11.2. The van der Waals surface area contributed by atoms with E-state index < -0.39 is 17.2 Å². The fourth-order valence-corrected chi connectivity index (χ4v) is 2.62. The van der Waals surface area contributed by atoms with Gasteiger partial charge in [0.05, 0.1) is 22.6 Å². The Morgan fingerprint density at radius 2 is 1.92 bits per heavy atom. The van der Waals surface area contributed by atoms with E-state index in [1.54, 1.807) is 36.1 Å². The first-order valence-electron chi connectivity index (χ1n) is 7.37. The van der Waals surface area contributed by atoms with Crippen molar-refractivity contribution in [2.45, 2.75) is 0 Å². The molecule has 0 aliphatic heterocycles. The van der Waals surface area contributed by atoms with Crippen LogP contribution in [0.15, 0.2) is 53.7 Å². The van der Waals surface area contributed by atoms with Crippen LogP contribution < -0.4 is 5.56 Å². The molecule has 25 heavy (non-hydrogen) atoms. The molecular weight excluding hydrogens is 328 g/mol. The van der Waals surface area contributed by atoms with Gasteiger partial charge in [-0.1, -0.05) is 0 Å². The highest BCUT2D eigenvalue weighted by Crippen LogP contribution is 2.18. The second-order valence-electron chi connectivity index (χ2n) is 5.42. The molecule has 0 radical (unpaired) electrons. The minimum Gasteiger partial charge on any atom is -0.266 e. The fraction of sp³-hybridized carbons (Fsp3) is 0.0588. The second kappa shape index (κ2) is 5.59. The highest BCUT2D eigenvalue weighted by Gasteiger charge is 2.13. The second-order valence-corrected chi connectivity index (χ2v) is 5.42. The molecule has 0 aliphatic carbocycles. The van der Waals surface area contributed by atoms with Crippen molar-refractivity contribution >= 4 is 11.0 Å². The van der Waals surface area contributed by atoms with E-state index in [2.05, 4.69) is 15.1 Å². The Labute approximate surface area is 140 Å².